The monoisotopic (exact) mass is 269 g/mol. The van der Waals surface area contributed by atoms with Gasteiger partial charge in [-0.1, -0.05) is 17.8 Å². The molecule has 0 bridgehead atoms. The highest BCUT2D eigenvalue weighted by atomic mass is 16.5. The molecule has 102 valence electrons. The van der Waals surface area contributed by atoms with Gasteiger partial charge in [-0.2, -0.15) is 0 Å². The predicted octanol–water partition coefficient (Wildman–Crippen LogP) is 0.684. The van der Waals surface area contributed by atoms with Gasteiger partial charge in [0.1, 0.15) is 13.2 Å². The summed E-state index contributed by atoms with van der Waals surface area (Å²) < 4.78 is 10.8. The number of nitrogens with two attached hydrogens (primary N) is 1. The molecular weight excluding hydrogens is 254 g/mol. The maximum Gasteiger partial charge on any atom is 0.178 e. The number of hydrogen-bond donors (Lipinski definition) is 2. The van der Waals surface area contributed by atoms with E-state index in [4.69, 9.17) is 34.5 Å². The molecule has 0 fully saturated rings. The normalized spacial score (nSPS) is 10.8. The topological polar surface area (TPSA) is 64.7 Å². The average molecular weight is 269 g/mol. The molecule has 0 aliphatic heterocycles. The molecule has 0 spiro atoms. The fourth-order valence-corrected chi connectivity index (χ4v) is 1.55. The largest absolute Gasteiger partial charge is 0.477 e. The zero-order valence-corrected chi connectivity index (χ0v) is 10.9. The summed E-state index contributed by atoms with van der Waals surface area (Å²) in [6.07, 6.45) is 14.9. The molecule has 0 aliphatic carbocycles. The van der Waals surface area contributed by atoms with E-state index in [1.54, 1.807) is 12.1 Å². The highest BCUT2D eigenvalue weighted by molar-refractivity contribution is 5.56. The average Bonchev–Trinajstić information content (AvgIpc) is 2.49. The molecule has 0 amide bonds. The number of aliphatic hydroxyl groups excluding tert-OH is 1. The van der Waals surface area contributed by atoms with Crippen LogP contribution in [0.5, 0.6) is 11.5 Å². The summed E-state index contributed by atoms with van der Waals surface area (Å²) in [5.41, 5.74) is 6.37. The van der Waals surface area contributed by atoms with Gasteiger partial charge in [-0.25, -0.2) is 0 Å². The Bertz CT molecular complexity index is 587. The molecule has 0 saturated carbocycles. The van der Waals surface area contributed by atoms with Gasteiger partial charge >= 0.3 is 0 Å². The van der Waals surface area contributed by atoms with Gasteiger partial charge < -0.3 is 20.3 Å². The fourth-order valence-electron chi connectivity index (χ4n) is 1.55. The number of hydrogen-bond acceptors (Lipinski definition) is 4. The van der Waals surface area contributed by atoms with Crippen molar-refractivity contribution in [3.05, 3.63) is 23.3 Å². The Labute approximate surface area is 118 Å². The quantitative estimate of drug-likeness (QED) is 0.746. The molecule has 1 rings (SSSR count). The van der Waals surface area contributed by atoms with E-state index in [0.29, 0.717) is 22.6 Å². The second-order valence-corrected chi connectivity index (χ2v) is 3.78. The van der Waals surface area contributed by atoms with Crippen LogP contribution in [0.4, 0.5) is 0 Å². The molecule has 3 N–H and O–H groups in total. The van der Waals surface area contributed by atoms with Crippen molar-refractivity contribution in [2.45, 2.75) is 6.10 Å². The van der Waals surface area contributed by atoms with E-state index in [1.165, 1.54) is 0 Å². The summed E-state index contributed by atoms with van der Waals surface area (Å²) in [6.45, 7) is 0.141. The summed E-state index contributed by atoms with van der Waals surface area (Å²) in [5, 5.41) is 9.80. The van der Waals surface area contributed by atoms with Crippen LogP contribution in [-0.4, -0.2) is 24.9 Å². The number of benzene rings is 1. The first-order valence-corrected chi connectivity index (χ1v) is 5.83. The van der Waals surface area contributed by atoms with Crippen molar-refractivity contribution in [3.8, 4) is 48.5 Å². The first-order chi connectivity index (χ1) is 9.67. The number of aliphatic hydroxyl groups is 1. The summed E-state index contributed by atoms with van der Waals surface area (Å²) in [5.74, 6) is 7.81. The van der Waals surface area contributed by atoms with E-state index in [0.717, 1.165) is 0 Å². The second kappa shape index (κ2) is 7.77. The summed E-state index contributed by atoms with van der Waals surface area (Å²) >= 11 is 0. The molecule has 4 nitrogen and oxygen atoms in total. The molecular formula is C16H15NO3. The molecule has 1 aromatic carbocycles. The summed E-state index contributed by atoms with van der Waals surface area (Å²) in [6, 6.07) is 3.19. The maximum atomic E-state index is 9.80. The van der Waals surface area contributed by atoms with Crippen LogP contribution < -0.4 is 15.2 Å². The Hall–Kier alpha value is -2.58. The number of ether oxygens (including phenoxy) is 2. The first-order valence-electron chi connectivity index (χ1n) is 5.83. The Morgan fingerprint density at radius 2 is 1.80 bits per heavy atom. The minimum atomic E-state index is -0.850. The fraction of sp³-hybridized carbons (Fsp3) is 0.250. The van der Waals surface area contributed by atoms with Crippen molar-refractivity contribution in [2.75, 3.05) is 19.8 Å². The van der Waals surface area contributed by atoms with Gasteiger partial charge in [0, 0.05) is 6.54 Å². The smallest absolute Gasteiger partial charge is 0.178 e. The third-order valence-electron chi connectivity index (χ3n) is 2.45. The maximum absolute atomic E-state index is 9.80. The lowest BCUT2D eigenvalue weighted by atomic mass is 10.0. The molecule has 0 aliphatic rings. The van der Waals surface area contributed by atoms with E-state index < -0.39 is 6.10 Å². The molecule has 4 heteroatoms. The van der Waals surface area contributed by atoms with Crippen LogP contribution in [0.2, 0.25) is 0 Å². The van der Waals surface area contributed by atoms with Crippen LogP contribution in [0.3, 0.4) is 0 Å². The van der Waals surface area contributed by atoms with Gasteiger partial charge in [-0.3, -0.25) is 0 Å². The number of terminal acetylenes is 3. The lowest BCUT2D eigenvalue weighted by molar-refractivity contribution is 0.186. The van der Waals surface area contributed by atoms with Crippen LogP contribution >= 0.6 is 0 Å². The highest BCUT2D eigenvalue weighted by Crippen LogP contribution is 2.34. The van der Waals surface area contributed by atoms with E-state index in [2.05, 4.69) is 17.8 Å². The zero-order valence-electron chi connectivity index (χ0n) is 10.9. The molecule has 1 aromatic rings. The Kier molecular flexibility index (Phi) is 6.01. The lowest BCUT2D eigenvalue weighted by Crippen LogP contribution is -2.12. The number of rotatable bonds is 6. The van der Waals surface area contributed by atoms with E-state index in [1.807, 2.05) is 0 Å². The second-order valence-electron chi connectivity index (χ2n) is 3.78. The van der Waals surface area contributed by atoms with Gasteiger partial charge in [0.05, 0.1) is 11.7 Å². The van der Waals surface area contributed by atoms with Crippen molar-refractivity contribution in [3.63, 3.8) is 0 Å². The highest BCUT2D eigenvalue weighted by Gasteiger charge is 2.16. The molecule has 0 heterocycles. The van der Waals surface area contributed by atoms with Crippen molar-refractivity contribution in [2.24, 2.45) is 5.73 Å². The van der Waals surface area contributed by atoms with Crippen molar-refractivity contribution in [1.29, 1.82) is 0 Å². The van der Waals surface area contributed by atoms with Gasteiger partial charge in [-0.05, 0) is 17.7 Å². The third kappa shape index (κ3) is 3.70. The first kappa shape index (κ1) is 15.5. The van der Waals surface area contributed by atoms with Crippen molar-refractivity contribution >= 4 is 0 Å². The Morgan fingerprint density at radius 3 is 2.35 bits per heavy atom. The molecule has 0 saturated heterocycles. The summed E-state index contributed by atoms with van der Waals surface area (Å²) in [4.78, 5) is 0. The minimum absolute atomic E-state index is 0.0403. The third-order valence-corrected chi connectivity index (χ3v) is 2.45. The Balaban J connectivity index is 3.29. The molecule has 0 radical (unpaired) electrons. The van der Waals surface area contributed by atoms with Crippen molar-refractivity contribution < 1.29 is 14.6 Å². The van der Waals surface area contributed by atoms with Crippen LogP contribution in [0.15, 0.2) is 12.1 Å². The molecule has 1 unspecified atom stereocenters. The van der Waals surface area contributed by atoms with E-state index in [9.17, 15) is 5.11 Å². The van der Waals surface area contributed by atoms with Crippen LogP contribution in [-0.2, 0) is 0 Å². The van der Waals surface area contributed by atoms with Crippen LogP contribution in [0.1, 0.15) is 17.2 Å². The predicted molar refractivity (Wildman–Crippen MR) is 77.0 cm³/mol. The Morgan fingerprint density at radius 1 is 1.15 bits per heavy atom. The van der Waals surface area contributed by atoms with Gasteiger partial charge in [0.2, 0.25) is 0 Å². The van der Waals surface area contributed by atoms with Crippen LogP contribution in [0, 0.1) is 37.0 Å². The molecule has 0 aromatic heterocycles. The minimum Gasteiger partial charge on any atom is -0.477 e. The molecule has 20 heavy (non-hydrogen) atoms. The van der Waals surface area contributed by atoms with Gasteiger partial charge in [0.25, 0.3) is 0 Å². The van der Waals surface area contributed by atoms with Gasteiger partial charge in [-0.15, -0.1) is 19.3 Å². The zero-order chi connectivity index (χ0) is 15.0. The lowest BCUT2D eigenvalue weighted by Gasteiger charge is -2.16. The van der Waals surface area contributed by atoms with Crippen LogP contribution in [0.25, 0.3) is 0 Å². The van der Waals surface area contributed by atoms with E-state index in [-0.39, 0.29) is 19.8 Å². The standard InChI is InChI=1S/C16H15NO3/c1-4-7-19-15-10-13(14(18)11-17)9-12(6-3)16(15)20-8-5-2/h1-3,9-10,14,18H,7-8,11,17H2. The SMILES string of the molecule is C#CCOc1cc(C(O)CN)cc(C#C)c1OCC#C. The summed E-state index contributed by atoms with van der Waals surface area (Å²) in [7, 11) is 0. The van der Waals surface area contributed by atoms with Crippen molar-refractivity contribution in [1.82, 2.24) is 0 Å². The van der Waals surface area contributed by atoms with Gasteiger partial charge in [0.15, 0.2) is 11.5 Å². The molecule has 1 atom stereocenters. The van der Waals surface area contributed by atoms with E-state index >= 15 is 0 Å².